The monoisotopic (exact) mass is 181 g/mol. The van der Waals surface area contributed by atoms with Crippen LogP contribution in [0.2, 0.25) is 0 Å². The summed E-state index contributed by atoms with van der Waals surface area (Å²) in [5.74, 6) is 0. The molecule has 0 aliphatic carbocycles. The quantitative estimate of drug-likeness (QED) is 0.625. The maximum atomic E-state index is 8.07. The van der Waals surface area contributed by atoms with E-state index in [1.54, 1.807) is 0 Å². The van der Waals surface area contributed by atoms with Crippen LogP contribution in [0.3, 0.4) is 0 Å². The van der Waals surface area contributed by atoms with Crippen molar-refractivity contribution in [2.45, 2.75) is 19.8 Å². The van der Waals surface area contributed by atoms with E-state index in [2.05, 4.69) is 6.92 Å². The molecule has 1 radical (unpaired) electrons. The summed E-state index contributed by atoms with van der Waals surface area (Å²) < 4.78 is 0. The summed E-state index contributed by atoms with van der Waals surface area (Å²) >= 11 is 0. The fraction of sp³-hybridized carbons (Fsp3) is 1.00. The molecule has 0 fully saturated rings. The second-order valence-corrected chi connectivity index (χ2v) is 1.08. The van der Waals surface area contributed by atoms with Crippen LogP contribution in [-0.4, -0.2) is 11.7 Å². The van der Waals surface area contributed by atoms with Crippen molar-refractivity contribution in [2.24, 2.45) is 0 Å². The number of aliphatic hydroxyl groups is 1. The first-order valence-corrected chi connectivity index (χ1v) is 2.02. The zero-order valence-electron chi connectivity index (χ0n) is 3.87. The SMILES string of the molecule is CCCCO.[Ag]. The van der Waals surface area contributed by atoms with Gasteiger partial charge in [0.2, 0.25) is 0 Å². The van der Waals surface area contributed by atoms with Crippen molar-refractivity contribution < 1.29 is 27.5 Å². The van der Waals surface area contributed by atoms with E-state index in [-0.39, 0.29) is 22.4 Å². The third-order valence-electron chi connectivity index (χ3n) is 0.512. The van der Waals surface area contributed by atoms with E-state index in [1.807, 2.05) is 0 Å². The zero-order valence-corrected chi connectivity index (χ0v) is 5.35. The van der Waals surface area contributed by atoms with Crippen molar-refractivity contribution in [3.8, 4) is 0 Å². The molecule has 0 saturated heterocycles. The molecule has 0 aliphatic heterocycles. The number of unbranched alkanes of at least 4 members (excludes halogenated alkanes) is 1. The van der Waals surface area contributed by atoms with E-state index in [0.717, 1.165) is 12.8 Å². The van der Waals surface area contributed by atoms with Crippen molar-refractivity contribution >= 4 is 0 Å². The van der Waals surface area contributed by atoms with Crippen LogP contribution < -0.4 is 0 Å². The molecule has 0 aliphatic rings. The topological polar surface area (TPSA) is 20.2 Å². The molecule has 1 nitrogen and oxygen atoms in total. The molecular formula is C4H10AgO. The summed E-state index contributed by atoms with van der Waals surface area (Å²) in [4.78, 5) is 0. The normalized spacial score (nSPS) is 7.00. The molecule has 0 aromatic heterocycles. The molecule has 0 saturated carbocycles. The van der Waals surface area contributed by atoms with Gasteiger partial charge < -0.3 is 5.11 Å². The minimum absolute atomic E-state index is 0. The molecule has 43 valence electrons. The van der Waals surface area contributed by atoms with Crippen molar-refractivity contribution in [1.82, 2.24) is 0 Å². The van der Waals surface area contributed by atoms with Crippen molar-refractivity contribution in [3.05, 3.63) is 0 Å². The zero-order chi connectivity index (χ0) is 4.12. The van der Waals surface area contributed by atoms with Gasteiger partial charge >= 0.3 is 0 Å². The molecule has 0 aromatic rings. The summed E-state index contributed by atoms with van der Waals surface area (Å²) in [6.07, 6.45) is 2.04. The predicted octanol–water partition coefficient (Wildman–Crippen LogP) is 0.776. The van der Waals surface area contributed by atoms with E-state index in [1.165, 1.54) is 0 Å². The second-order valence-electron chi connectivity index (χ2n) is 1.08. The van der Waals surface area contributed by atoms with Crippen LogP contribution in [0.25, 0.3) is 0 Å². The summed E-state index contributed by atoms with van der Waals surface area (Å²) in [5, 5.41) is 8.07. The standard InChI is InChI=1S/C4H10O.Ag/c1-2-3-4-5;/h5H,2-4H2,1H3;. The van der Waals surface area contributed by atoms with Crippen molar-refractivity contribution in [3.63, 3.8) is 0 Å². The van der Waals surface area contributed by atoms with Gasteiger partial charge in [0, 0.05) is 29.0 Å². The molecular weight excluding hydrogens is 172 g/mol. The van der Waals surface area contributed by atoms with Gasteiger partial charge in [0.25, 0.3) is 0 Å². The number of hydrogen-bond donors (Lipinski definition) is 1. The van der Waals surface area contributed by atoms with E-state index < -0.39 is 0 Å². The third kappa shape index (κ3) is 8.83. The molecule has 0 amide bonds. The Bertz CT molecular complexity index is 15.0. The molecule has 0 rings (SSSR count). The van der Waals surface area contributed by atoms with Crippen molar-refractivity contribution in [2.75, 3.05) is 6.61 Å². The van der Waals surface area contributed by atoms with Crippen LogP contribution in [0.15, 0.2) is 0 Å². The fourth-order valence-corrected chi connectivity index (χ4v) is 0.158. The molecule has 0 atom stereocenters. The largest absolute Gasteiger partial charge is 0.396 e. The van der Waals surface area contributed by atoms with Gasteiger partial charge in [-0.15, -0.1) is 0 Å². The summed E-state index contributed by atoms with van der Waals surface area (Å²) in [6, 6.07) is 0. The molecule has 0 bridgehead atoms. The van der Waals surface area contributed by atoms with Gasteiger partial charge in [0.1, 0.15) is 0 Å². The van der Waals surface area contributed by atoms with Crippen LogP contribution in [0, 0.1) is 0 Å². The van der Waals surface area contributed by atoms with Gasteiger partial charge in [-0.3, -0.25) is 0 Å². The Morgan fingerprint density at radius 2 is 2.00 bits per heavy atom. The average Bonchev–Trinajstić information content (AvgIpc) is 1.41. The van der Waals surface area contributed by atoms with Gasteiger partial charge in [0.05, 0.1) is 0 Å². The van der Waals surface area contributed by atoms with Crippen LogP contribution >= 0.6 is 0 Å². The second kappa shape index (κ2) is 9.20. The van der Waals surface area contributed by atoms with E-state index in [9.17, 15) is 0 Å². The minimum atomic E-state index is 0. The van der Waals surface area contributed by atoms with E-state index >= 15 is 0 Å². The van der Waals surface area contributed by atoms with Crippen LogP contribution in [0.1, 0.15) is 19.8 Å². The Labute approximate surface area is 54.3 Å². The van der Waals surface area contributed by atoms with E-state index in [0.29, 0.717) is 6.61 Å². The maximum absolute atomic E-state index is 8.07. The first kappa shape index (κ1) is 9.85. The number of hydrogen-bond acceptors (Lipinski definition) is 1. The Morgan fingerprint density at radius 3 is 2.00 bits per heavy atom. The Kier molecular flexibility index (Phi) is 15.1. The Hall–Kier alpha value is 0.700. The van der Waals surface area contributed by atoms with Gasteiger partial charge in [0.15, 0.2) is 0 Å². The predicted molar refractivity (Wildman–Crippen MR) is 22.0 cm³/mol. The maximum Gasteiger partial charge on any atom is 0.0430 e. The summed E-state index contributed by atoms with van der Waals surface area (Å²) in [7, 11) is 0. The number of aliphatic hydroxyl groups excluding tert-OH is 1. The Balaban J connectivity index is 0. The van der Waals surface area contributed by atoms with Gasteiger partial charge in [-0.2, -0.15) is 0 Å². The molecule has 6 heavy (non-hydrogen) atoms. The molecule has 0 aromatic carbocycles. The van der Waals surface area contributed by atoms with E-state index in [4.69, 9.17) is 5.11 Å². The molecule has 0 heterocycles. The molecule has 0 spiro atoms. The smallest absolute Gasteiger partial charge is 0.0430 e. The van der Waals surface area contributed by atoms with Gasteiger partial charge in [-0.25, -0.2) is 0 Å². The fourth-order valence-electron chi connectivity index (χ4n) is 0.158. The summed E-state index contributed by atoms with van der Waals surface area (Å²) in [6.45, 7) is 2.40. The van der Waals surface area contributed by atoms with Crippen molar-refractivity contribution in [1.29, 1.82) is 0 Å². The Morgan fingerprint density at radius 1 is 1.50 bits per heavy atom. The average molecular weight is 182 g/mol. The van der Waals surface area contributed by atoms with Gasteiger partial charge in [-0.1, -0.05) is 13.3 Å². The van der Waals surface area contributed by atoms with Crippen LogP contribution in [0.4, 0.5) is 0 Å². The molecule has 1 N–H and O–H groups in total. The number of rotatable bonds is 2. The first-order valence-electron chi connectivity index (χ1n) is 2.02. The first-order chi connectivity index (χ1) is 2.41. The summed E-state index contributed by atoms with van der Waals surface area (Å²) in [5.41, 5.74) is 0. The molecule has 2 heteroatoms. The minimum Gasteiger partial charge on any atom is -0.396 e. The molecule has 0 unspecified atom stereocenters. The van der Waals surface area contributed by atoms with Crippen LogP contribution in [0.5, 0.6) is 0 Å². The third-order valence-corrected chi connectivity index (χ3v) is 0.512. The van der Waals surface area contributed by atoms with Crippen LogP contribution in [-0.2, 0) is 22.4 Å². The van der Waals surface area contributed by atoms with Gasteiger partial charge in [-0.05, 0) is 6.42 Å².